The molecule has 1 aliphatic rings. The van der Waals surface area contributed by atoms with Gasteiger partial charge in [0.15, 0.2) is 0 Å². The molecule has 1 saturated carbocycles. The largest absolute Gasteiger partial charge is 0.496 e. The number of nitrogens with one attached hydrogen (secondary N) is 1. The van der Waals surface area contributed by atoms with Crippen molar-refractivity contribution in [3.63, 3.8) is 0 Å². The van der Waals surface area contributed by atoms with Gasteiger partial charge >= 0.3 is 0 Å². The number of methoxy groups -OCH3 is 1. The van der Waals surface area contributed by atoms with Crippen molar-refractivity contribution in [2.75, 3.05) is 18.0 Å². The Kier molecular flexibility index (Phi) is 11.6. The van der Waals surface area contributed by atoms with Crippen LogP contribution >= 0.6 is 39.1 Å². The number of nitrogens with zero attached hydrogens (tertiary/aromatic N) is 2. The van der Waals surface area contributed by atoms with Gasteiger partial charge in [0.05, 0.1) is 32.2 Å². The number of carbonyl (C=O) groups is 2. The fourth-order valence-electron chi connectivity index (χ4n) is 5.30. The zero-order valence-electron chi connectivity index (χ0n) is 24.9. The van der Waals surface area contributed by atoms with E-state index < -0.39 is 28.5 Å². The van der Waals surface area contributed by atoms with E-state index in [1.54, 1.807) is 48.5 Å². The van der Waals surface area contributed by atoms with Crippen molar-refractivity contribution in [3.05, 3.63) is 86.3 Å². The SMILES string of the molecule is CC[C@H](C(=O)NC1CCCC1)N(Cc1ccc(Cl)c(Cl)c1)C(=O)CN(c1ccc(C)cc1)S(=O)(=O)c1ccc(OC)c(Br)c1. The second-order valence-corrected chi connectivity index (χ2v) is 14.4. The van der Waals surface area contributed by atoms with Gasteiger partial charge in [-0.05, 0) is 90.1 Å². The lowest BCUT2D eigenvalue weighted by Crippen LogP contribution is -2.53. The molecule has 0 spiro atoms. The van der Waals surface area contributed by atoms with Gasteiger partial charge in [0, 0.05) is 12.6 Å². The highest BCUT2D eigenvalue weighted by Gasteiger charge is 2.35. The van der Waals surface area contributed by atoms with E-state index in [-0.39, 0.29) is 23.4 Å². The minimum atomic E-state index is -4.24. The van der Waals surface area contributed by atoms with Crippen molar-refractivity contribution in [3.8, 4) is 5.75 Å². The number of anilines is 1. The quantitative estimate of drug-likeness (QED) is 0.214. The molecular weight excluding hydrogens is 689 g/mol. The number of ether oxygens (including phenoxy) is 1. The minimum absolute atomic E-state index is 0.0272. The van der Waals surface area contributed by atoms with Crippen molar-refractivity contribution in [2.24, 2.45) is 0 Å². The molecule has 1 fully saturated rings. The molecular formula is C32H36BrCl2N3O5S. The smallest absolute Gasteiger partial charge is 0.264 e. The van der Waals surface area contributed by atoms with Crippen LogP contribution in [0.5, 0.6) is 5.75 Å². The fourth-order valence-corrected chi connectivity index (χ4v) is 7.75. The third-order valence-electron chi connectivity index (χ3n) is 7.74. The Morgan fingerprint density at radius 2 is 1.70 bits per heavy atom. The number of hydrogen-bond acceptors (Lipinski definition) is 5. The summed E-state index contributed by atoms with van der Waals surface area (Å²) in [6.45, 7) is 3.21. The molecule has 1 atom stereocenters. The van der Waals surface area contributed by atoms with E-state index >= 15 is 0 Å². The first-order valence-corrected chi connectivity index (χ1v) is 17.4. The molecule has 3 aromatic carbocycles. The van der Waals surface area contributed by atoms with Crippen LogP contribution in [0.4, 0.5) is 5.69 Å². The predicted molar refractivity (Wildman–Crippen MR) is 178 cm³/mol. The van der Waals surface area contributed by atoms with Crippen molar-refractivity contribution >= 4 is 66.7 Å². The summed E-state index contributed by atoms with van der Waals surface area (Å²) in [6.07, 6.45) is 4.19. The molecule has 0 aliphatic heterocycles. The molecule has 0 saturated heterocycles. The van der Waals surface area contributed by atoms with Crippen LogP contribution in [-0.4, -0.2) is 50.9 Å². The topological polar surface area (TPSA) is 96.0 Å². The summed E-state index contributed by atoms with van der Waals surface area (Å²) >= 11 is 15.8. The van der Waals surface area contributed by atoms with Crippen LogP contribution in [0, 0.1) is 6.92 Å². The van der Waals surface area contributed by atoms with Crippen molar-refractivity contribution < 1.29 is 22.7 Å². The normalized spacial score (nSPS) is 14.2. The van der Waals surface area contributed by atoms with E-state index in [1.165, 1.54) is 24.1 Å². The van der Waals surface area contributed by atoms with E-state index in [1.807, 2.05) is 13.8 Å². The highest BCUT2D eigenvalue weighted by molar-refractivity contribution is 9.10. The summed E-state index contributed by atoms with van der Waals surface area (Å²) in [5.74, 6) is -0.341. The third kappa shape index (κ3) is 8.07. The molecule has 12 heteroatoms. The van der Waals surface area contributed by atoms with E-state index in [2.05, 4.69) is 21.2 Å². The van der Waals surface area contributed by atoms with Gasteiger partial charge < -0.3 is 15.0 Å². The van der Waals surface area contributed by atoms with Crippen LogP contribution in [0.3, 0.4) is 0 Å². The highest BCUT2D eigenvalue weighted by Crippen LogP contribution is 2.31. The molecule has 0 unspecified atom stereocenters. The lowest BCUT2D eigenvalue weighted by molar-refractivity contribution is -0.140. The second kappa shape index (κ2) is 15.0. The molecule has 236 valence electrons. The Balaban J connectivity index is 1.74. The first kappa shape index (κ1) is 34.1. The predicted octanol–water partition coefficient (Wildman–Crippen LogP) is 7.13. The van der Waals surface area contributed by atoms with Gasteiger partial charge in [-0.2, -0.15) is 0 Å². The summed E-state index contributed by atoms with van der Waals surface area (Å²) in [7, 11) is -2.75. The van der Waals surface area contributed by atoms with Crippen molar-refractivity contribution in [1.82, 2.24) is 10.2 Å². The lowest BCUT2D eigenvalue weighted by Gasteiger charge is -2.34. The molecule has 8 nitrogen and oxygen atoms in total. The van der Waals surface area contributed by atoms with E-state index in [9.17, 15) is 18.0 Å². The molecule has 0 aromatic heterocycles. The zero-order valence-corrected chi connectivity index (χ0v) is 28.8. The van der Waals surface area contributed by atoms with Crippen LogP contribution in [0.25, 0.3) is 0 Å². The van der Waals surface area contributed by atoms with Crippen molar-refractivity contribution in [1.29, 1.82) is 0 Å². The average Bonchev–Trinajstić information content (AvgIpc) is 3.51. The number of amides is 2. The van der Waals surface area contributed by atoms with Gasteiger partial charge in [0.25, 0.3) is 10.0 Å². The van der Waals surface area contributed by atoms with Crippen LogP contribution in [0.15, 0.2) is 70.0 Å². The Morgan fingerprint density at radius 1 is 1.02 bits per heavy atom. The molecule has 2 amide bonds. The number of benzene rings is 3. The number of carbonyl (C=O) groups excluding carboxylic acids is 2. The monoisotopic (exact) mass is 723 g/mol. The number of rotatable bonds is 12. The molecule has 3 aromatic rings. The Labute approximate surface area is 277 Å². The van der Waals surface area contributed by atoms with Crippen LogP contribution in [0.2, 0.25) is 10.0 Å². The van der Waals surface area contributed by atoms with Gasteiger partial charge in [0.1, 0.15) is 18.3 Å². The molecule has 1 aliphatic carbocycles. The van der Waals surface area contributed by atoms with Crippen LogP contribution in [-0.2, 0) is 26.2 Å². The maximum atomic E-state index is 14.3. The first-order valence-electron chi connectivity index (χ1n) is 14.4. The van der Waals surface area contributed by atoms with Crippen LogP contribution < -0.4 is 14.4 Å². The summed E-state index contributed by atoms with van der Waals surface area (Å²) in [5.41, 5.74) is 1.90. The fraction of sp³-hybridized carbons (Fsp3) is 0.375. The third-order valence-corrected chi connectivity index (χ3v) is 10.9. The Morgan fingerprint density at radius 3 is 2.30 bits per heavy atom. The number of aryl methyl sites for hydroxylation is 1. The van der Waals surface area contributed by atoms with E-state index in [4.69, 9.17) is 27.9 Å². The number of hydrogen-bond donors (Lipinski definition) is 1. The molecule has 44 heavy (non-hydrogen) atoms. The maximum Gasteiger partial charge on any atom is 0.264 e. The van der Waals surface area contributed by atoms with Crippen molar-refractivity contribution in [2.45, 2.75) is 69.5 Å². The van der Waals surface area contributed by atoms with Gasteiger partial charge in [-0.3, -0.25) is 13.9 Å². The Hall–Kier alpha value is -2.79. The Bertz CT molecular complexity index is 1600. The molecule has 0 radical (unpaired) electrons. The summed E-state index contributed by atoms with van der Waals surface area (Å²) in [4.78, 5) is 29.3. The minimum Gasteiger partial charge on any atom is -0.496 e. The van der Waals surface area contributed by atoms with Crippen LogP contribution in [0.1, 0.15) is 50.2 Å². The van der Waals surface area contributed by atoms with E-state index in [0.29, 0.717) is 37.9 Å². The number of sulfonamides is 1. The molecule has 1 N–H and O–H groups in total. The van der Waals surface area contributed by atoms with Gasteiger partial charge in [-0.1, -0.05) is 66.7 Å². The second-order valence-electron chi connectivity index (χ2n) is 10.8. The van der Waals surface area contributed by atoms with Gasteiger partial charge in [-0.15, -0.1) is 0 Å². The lowest BCUT2D eigenvalue weighted by atomic mass is 10.1. The first-order chi connectivity index (χ1) is 20.9. The highest BCUT2D eigenvalue weighted by atomic mass is 79.9. The standard InChI is InChI=1S/C32H36BrCl2N3O5S/c1-4-29(32(40)36-23-7-5-6-8-23)37(19-22-11-15-27(34)28(35)17-22)31(39)20-38(24-12-9-21(2)10-13-24)44(41,42)25-14-16-30(43-3)26(33)18-25/h9-18,23,29H,4-8,19-20H2,1-3H3,(H,36,40)/t29-/m1/s1. The summed E-state index contributed by atoms with van der Waals surface area (Å²) < 4.78 is 35.1. The summed E-state index contributed by atoms with van der Waals surface area (Å²) in [6, 6.07) is 15.5. The van der Waals surface area contributed by atoms with E-state index in [0.717, 1.165) is 35.6 Å². The van der Waals surface area contributed by atoms with Gasteiger partial charge in [0.2, 0.25) is 11.8 Å². The molecule has 0 bridgehead atoms. The maximum absolute atomic E-state index is 14.3. The summed E-state index contributed by atoms with van der Waals surface area (Å²) in [5, 5.41) is 3.78. The molecule has 4 rings (SSSR count). The molecule has 0 heterocycles. The average molecular weight is 726 g/mol. The van der Waals surface area contributed by atoms with Gasteiger partial charge in [-0.25, -0.2) is 8.42 Å². The number of halogens is 3. The zero-order chi connectivity index (χ0) is 32.0.